The Labute approximate surface area is 160 Å². The highest BCUT2D eigenvalue weighted by molar-refractivity contribution is 5.78. The van der Waals surface area contributed by atoms with Crippen molar-refractivity contribution >= 4 is 5.91 Å². The van der Waals surface area contributed by atoms with E-state index in [9.17, 15) is 4.79 Å². The maximum Gasteiger partial charge on any atom is 0.241 e. The smallest absolute Gasteiger partial charge is 0.241 e. The lowest BCUT2D eigenvalue weighted by Crippen LogP contribution is -2.49. The molecule has 1 aliphatic rings. The van der Waals surface area contributed by atoms with E-state index in [1.165, 1.54) is 5.56 Å². The molecular formula is C20H29N5O2. The number of carbonyl (C=O) groups excluding carboxylic acids is 1. The van der Waals surface area contributed by atoms with Crippen molar-refractivity contribution in [2.24, 2.45) is 0 Å². The second kappa shape index (κ2) is 9.10. The van der Waals surface area contributed by atoms with E-state index in [4.69, 9.17) is 4.52 Å². The van der Waals surface area contributed by atoms with Crippen molar-refractivity contribution in [2.75, 3.05) is 45.8 Å². The Morgan fingerprint density at radius 2 is 1.70 bits per heavy atom. The molecular weight excluding hydrogens is 342 g/mol. The van der Waals surface area contributed by atoms with Crippen molar-refractivity contribution in [1.29, 1.82) is 0 Å². The van der Waals surface area contributed by atoms with Gasteiger partial charge in [-0.25, -0.2) is 0 Å². The van der Waals surface area contributed by atoms with E-state index < -0.39 is 0 Å². The maximum atomic E-state index is 12.2. The summed E-state index contributed by atoms with van der Waals surface area (Å²) in [5, 5.41) is 4.10. The van der Waals surface area contributed by atoms with Gasteiger partial charge in [-0.05, 0) is 20.8 Å². The lowest BCUT2D eigenvalue weighted by Gasteiger charge is -2.34. The third-order valence-electron chi connectivity index (χ3n) is 5.08. The van der Waals surface area contributed by atoms with Crippen molar-refractivity contribution in [3.8, 4) is 11.4 Å². The summed E-state index contributed by atoms with van der Waals surface area (Å²) in [5.74, 6) is 1.49. The Hall–Kier alpha value is -2.25. The Morgan fingerprint density at radius 3 is 2.33 bits per heavy atom. The van der Waals surface area contributed by atoms with Gasteiger partial charge in [-0.15, -0.1) is 0 Å². The van der Waals surface area contributed by atoms with E-state index in [2.05, 4.69) is 26.9 Å². The van der Waals surface area contributed by atoms with Gasteiger partial charge in [0.05, 0.1) is 13.1 Å². The average molecular weight is 371 g/mol. The van der Waals surface area contributed by atoms with E-state index in [1.807, 2.05) is 43.0 Å². The van der Waals surface area contributed by atoms with E-state index in [1.54, 1.807) is 0 Å². The van der Waals surface area contributed by atoms with E-state index in [0.717, 1.165) is 44.8 Å². The predicted molar refractivity (Wildman–Crippen MR) is 104 cm³/mol. The zero-order chi connectivity index (χ0) is 19.2. The predicted octanol–water partition coefficient (Wildman–Crippen LogP) is 2.03. The van der Waals surface area contributed by atoms with Gasteiger partial charge in [-0.1, -0.05) is 35.0 Å². The van der Waals surface area contributed by atoms with Gasteiger partial charge in [0.2, 0.25) is 17.6 Å². The van der Waals surface area contributed by atoms with Gasteiger partial charge in [-0.3, -0.25) is 14.6 Å². The summed E-state index contributed by atoms with van der Waals surface area (Å²) in [6, 6.07) is 8.11. The molecule has 0 spiro atoms. The van der Waals surface area contributed by atoms with Crippen LogP contribution in [0.2, 0.25) is 0 Å². The third kappa shape index (κ3) is 5.14. The second-order valence-electron chi connectivity index (χ2n) is 7.00. The van der Waals surface area contributed by atoms with Crippen LogP contribution in [0.5, 0.6) is 0 Å². The van der Waals surface area contributed by atoms with Crippen molar-refractivity contribution in [1.82, 2.24) is 24.8 Å². The largest absolute Gasteiger partial charge is 0.342 e. The first-order valence-electron chi connectivity index (χ1n) is 9.71. The number of rotatable bonds is 7. The SMILES string of the molecule is CCN(CC)C(=O)CN1CCN(Cc2nc(-c3ccc(C)cc3)no2)CC1. The number of piperazine rings is 1. The molecule has 7 nitrogen and oxygen atoms in total. The number of aromatic nitrogens is 2. The van der Waals surface area contributed by atoms with Crippen LogP contribution in [-0.2, 0) is 11.3 Å². The highest BCUT2D eigenvalue weighted by Crippen LogP contribution is 2.17. The van der Waals surface area contributed by atoms with Crippen LogP contribution in [0.4, 0.5) is 0 Å². The monoisotopic (exact) mass is 371 g/mol. The molecule has 0 bridgehead atoms. The Morgan fingerprint density at radius 1 is 1.07 bits per heavy atom. The van der Waals surface area contributed by atoms with Gasteiger partial charge in [0, 0.05) is 44.8 Å². The lowest BCUT2D eigenvalue weighted by molar-refractivity contribution is -0.132. The normalized spacial score (nSPS) is 15.8. The first kappa shape index (κ1) is 19.5. The molecule has 0 radical (unpaired) electrons. The van der Waals surface area contributed by atoms with Gasteiger partial charge >= 0.3 is 0 Å². The molecule has 1 fully saturated rings. The molecule has 2 aromatic rings. The quantitative estimate of drug-likeness (QED) is 0.742. The molecule has 0 saturated carbocycles. The fourth-order valence-corrected chi connectivity index (χ4v) is 3.30. The summed E-state index contributed by atoms with van der Waals surface area (Å²) in [4.78, 5) is 23.2. The van der Waals surface area contributed by atoms with Crippen molar-refractivity contribution < 1.29 is 9.32 Å². The summed E-state index contributed by atoms with van der Waals surface area (Å²) >= 11 is 0. The van der Waals surface area contributed by atoms with Crippen molar-refractivity contribution in [3.05, 3.63) is 35.7 Å². The number of nitrogens with zero attached hydrogens (tertiary/aromatic N) is 5. The van der Waals surface area contributed by atoms with Crippen LogP contribution in [0.1, 0.15) is 25.3 Å². The van der Waals surface area contributed by atoms with Crippen molar-refractivity contribution in [2.45, 2.75) is 27.3 Å². The van der Waals surface area contributed by atoms with Crippen LogP contribution in [0.3, 0.4) is 0 Å². The van der Waals surface area contributed by atoms with Crippen LogP contribution in [0.15, 0.2) is 28.8 Å². The van der Waals surface area contributed by atoms with Crippen molar-refractivity contribution in [3.63, 3.8) is 0 Å². The number of aryl methyl sites for hydroxylation is 1. The zero-order valence-corrected chi connectivity index (χ0v) is 16.5. The number of hydrogen-bond acceptors (Lipinski definition) is 6. The minimum atomic E-state index is 0.216. The number of amides is 1. The molecule has 27 heavy (non-hydrogen) atoms. The van der Waals surface area contributed by atoms with Gasteiger partial charge in [0.25, 0.3) is 0 Å². The van der Waals surface area contributed by atoms with Crippen LogP contribution in [0.25, 0.3) is 11.4 Å². The van der Waals surface area contributed by atoms with E-state index in [-0.39, 0.29) is 5.91 Å². The highest BCUT2D eigenvalue weighted by Gasteiger charge is 2.22. The first-order valence-corrected chi connectivity index (χ1v) is 9.71. The van der Waals surface area contributed by atoms with Gasteiger partial charge < -0.3 is 9.42 Å². The highest BCUT2D eigenvalue weighted by atomic mass is 16.5. The molecule has 1 aliphatic heterocycles. The standard InChI is InChI=1S/C20H29N5O2/c1-4-25(5-2)19(26)15-24-12-10-23(11-13-24)14-18-21-20(22-27-18)17-8-6-16(3)7-9-17/h6-9H,4-5,10-15H2,1-3H3. The second-order valence-corrected chi connectivity index (χ2v) is 7.00. The van der Waals surface area contributed by atoms with Crippen LogP contribution in [-0.4, -0.2) is 76.6 Å². The number of hydrogen-bond donors (Lipinski definition) is 0. The van der Waals surface area contributed by atoms with Crippen LogP contribution in [0, 0.1) is 6.92 Å². The molecule has 7 heteroatoms. The van der Waals surface area contributed by atoms with Gasteiger partial charge in [0.1, 0.15) is 0 Å². The Kier molecular flexibility index (Phi) is 6.58. The fourth-order valence-electron chi connectivity index (χ4n) is 3.30. The molecule has 1 aromatic carbocycles. The third-order valence-corrected chi connectivity index (χ3v) is 5.08. The Balaban J connectivity index is 1.48. The summed E-state index contributed by atoms with van der Waals surface area (Å²) < 4.78 is 5.43. The van der Waals surface area contributed by atoms with Gasteiger partial charge in [-0.2, -0.15) is 4.98 Å². The minimum absolute atomic E-state index is 0.216. The van der Waals surface area contributed by atoms with E-state index in [0.29, 0.717) is 24.8 Å². The summed E-state index contributed by atoms with van der Waals surface area (Å²) in [7, 11) is 0. The molecule has 2 heterocycles. The molecule has 1 aromatic heterocycles. The van der Waals surface area contributed by atoms with Crippen LogP contribution < -0.4 is 0 Å². The van der Waals surface area contributed by atoms with Crippen LogP contribution >= 0.6 is 0 Å². The molecule has 0 N–H and O–H groups in total. The average Bonchev–Trinajstić information content (AvgIpc) is 3.13. The zero-order valence-electron chi connectivity index (χ0n) is 16.5. The minimum Gasteiger partial charge on any atom is -0.342 e. The molecule has 3 rings (SSSR count). The summed E-state index contributed by atoms with van der Waals surface area (Å²) in [5.41, 5.74) is 2.18. The number of benzene rings is 1. The number of carbonyl (C=O) groups is 1. The molecule has 0 aliphatic carbocycles. The number of likely N-dealkylation sites (N-methyl/N-ethyl adjacent to an activating group) is 1. The maximum absolute atomic E-state index is 12.2. The van der Waals surface area contributed by atoms with Gasteiger partial charge in [0.15, 0.2) is 0 Å². The summed E-state index contributed by atoms with van der Waals surface area (Å²) in [6.07, 6.45) is 0. The summed E-state index contributed by atoms with van der Waals surface area (Å²) in [6.45, 7) is 12.4. The molecule has 1 amide bonds. The molecule has 1 saturated heterocycles. The molecule has 0 atom stereocenters. The molecule has 0 unspecified atom stereocenters. The topological polar surface area (TPSA) is 65.7 Å². The fraction of sp³-hybridized carbons (Fsp3) is 0.550. The lowest BCUT2D eigenvalue weighted by atomic mass is 10.1. The Bertz CT molecular complexity index is 731. The first-order chi connectivity index (χ1) is 13.1. The van der Waals surface area contributed by atoms with E-state index >= 15 is 0 Å². The molecule has 146 valence electrons.